The van der Waals surface area contributed by atoms with E-state index in [4.69, 9.17) is 17.3 Å². The molecule has 2 aromatic carbocycles. The Morgan fingerprint density at radius 3 is 2.00 bits per heavy atom. The van der Waals surface area contributed by atoms with Crippen LogP contribution in [-0.2, 0) is 10.1 Å². The molecule has 1 aliphatic rings. The number of rotatable bonds is 1. The van der Waals surface area contributed by atoms with Crippen LogP contribution in [0.1, 0.15) is 31.8 Å². The maximum atomic E-state index is 12.6. The lowest BCUT2D eigenvalue weighted by Crippen LogP contribution is -2.25. The molecule has 0 unspecified atom stereocenters. The zero-order valence-corrected chi connectivity index (χ0v) is 12.4. The van der Waals surface area contributed by atoms with Gasteiger partial charge < -0.3 is 5.73 Å². The van der Waals surface area contributed by atoms with Crippen LogP contribution < -0.4 is 5.73 Å². The second-order valence-electron chi connectivity index (χ2n) is 4.70. The molecule has 0 atom stereocenters. The molecule has 0 heterocycles. The van der Waals surface area contributed by atoms with Crippen LogP contribution in [0.25, 0.3) is 0 Å². The van der Waals surface area contributed by atoms with Crippen molar-refractivity contribution in [1.29, 1.82) is 0 Å². The largest absolute Gasteiger partial charge is 0.397 e. The average molecular weight is 338 g/mol. The summed E-state index contributed by atoms with van der Waals surface area (Å²) in [7, 11) is -4.76. The minimum absolute atomic E-state index is 0.0478. The Kier molecular flexibility index (Phi) is 3.10. The standard InChI is InChI=1S/C14H8ClNO5S/c15-8-5-9(22(19,20)21)10-11(12(8)16)14(18)7-4-2-1-3-6(7)13(10)17/h1-5H,16H2,(H,19,20,21). The van der Waals surface area contributed by atoms with Crippen LogP contribution in [0.5, 0.6) is 0 Å². The van der Waals surface area contributed by atoms with Crippen LogP contribution in [0.4, 0.5) is 5.69 Å². The lowest BCUT2D eigenvalue weighted by molar-refractivity contribution is 0.0977. The fraction of sp³-hybridized carbons (Fsp3) is 0. The molecule has 0 radical (unpaired) electrons. The number of hydrogen-bond donors (Lipinski definition) is 2. The van der Waals surface area contributed by atoms with Gasteiger partial charge in [-0.1, -0.05) is 35.9 Å². The molecular weight excluding hydrogens is 330 g/mol. The van der Waals surface area contributed by atoms with Crippen LogP contribution in [0.2, 0.25) is 5.02 Å². The molecule has 22 heavy (non-hydrogen) atoms. The molecule has 1 aliphatic carbocycles. The fourth-order valence-corrected chi connectivity index (χ4v) is 3.44. The number of fused-ring (bicyclic) bond motifs is 2. The van der Waals surface area contributed by atoms with Crippen molar-refractivity contribution in [3.63, 3.8) is 0 Å². The van der Waals surface area contributed by atoms with E-state index in [2.05, 4.69) is 0 Å². The summed E-state index contributed by atoms with van der Waals surface area (Å²) in [6.07, 6.45) is 0. The topological polar surface area (TPSA) is 115 Å². The van der Waals surface area contributed by atoms with Crippen molar-refractivity contribution >= 4 is 39.0 Å². The Balaban J connectivity index is 2.50. The summed E-state index contributed by atoms with van der Waals surface area (Å²) in [5.74, 6) is -1.32. The maximum Gasteiger partial charge on any atom is 0.295 e. The van der Waals surface area contributed by atoms with Crippen LogP contribution in [-0.4, -0.2) is 24.5 Å². The minimum atomic E-state index is -4.76. The van der Waals surface area contributed by atoms with E-state index in [9.17, 15) is 22.6 Å². The zero-order valence-electron chi connectivity index (χ0n) is 10.8. The molecule has 6 nitrogen and oxygen atoms in total. The number of halogens is 1. The summed E-state index contributed by atoms with van der Waals surface area (Å²) < 4.78 is 32.4. The Morgan fingerprint density at radius 1 is 1.00 bits per heavy atom. The molecule has 112 valence electrons. The Labute approximate surface area is 130 Å². The molecule has 0 bridgehead atoms. The Bertz CT molecular complexity index is 965. The number of carbonyl (C=O) groups is 2. The van der Waals surface area contributed by atoms with E-state index >= 15 is 0 Å². The number of nitrogens with two attached hydrogens (primary N) is 1. The van der Waals surface area contributed by atoms with Gasteiger partial charge in [-0.05, 0) is 6.07 Å². The van der Waals surface area contributed by atoms with Gasteiger partial charge >= 0.3 is 0 Å². The van der Waals surface area contributed by atoms with Crippen LogP contribution in [0.15, 0.2) is 35.2 Å². The highest BCUT2D eigenvalue weighted by molar-refractivity contribution is 7.86. The third-order valence-electron chi connectivity index (χ3n) is 3.43. The summed E-state index contributed by atoms with van der Waals surface area (Å²) in [6.45, 7) is 0. The Morgan fingerprint density at radius 2 is 1.50 bits per heavy atom. The van der Waals surface area contributed by atoms with E-state index in [1.54, 1.807) is 12.1 Å². The van der Waals surface area contributed by atoms with E-state index in [0.717, 1.165) is 6.07 Å². The summed E-state index contributed by atoms with van der Waals surface area (Å²) in [5.41, 5.74) is 4.95. The molecule has 0 aliphatic heterocycles. The normalized spacial score (nSPS) is 13.7. The van der Waals surface area contributed by atoms with Crippen molar-refractivity contribution in [3.05, 3.63) is 57.6 Å². The van der Waals surface area contributed by atoms with Crippen molar-refractivity contribution in [1.82, 2.24) is 0 Å². The number of carbonyl (C=O) groups excluding carboxylic acids is 2. The van der Waals surface area contributed by atoms with Crippen molar-refractivity contribution in [2.24, 2.45) is 0 Å². The molecule has 2 aromatic rings. The van der Waals surface area contributed by atoms with Gasteiger partial charge in [0.2, 0.25) is 0 Å². The number of benzene rings is 2. The summed E-state index contributed by atoms with van der Waals surface area (Å²) in [4.78, 5) is 24.4. The van der Waals surface area contributed by atoms with Gasteiger partial charge in [0, 0.05) is 11.1 Å². The van der Waals surface area contributed by atoms with E-state index in [-0.39, 0.29) is 27.4 Å². The molecule has 0 spiro atoms. The zero-order chi connectivity index (χ0) is 16.2. The average Bonchev–Trinajstić information content (AvgIpc) is 2.46. The first kappa shape index (κ1) is 14.7. The molecule has 0 saturated carbocycles. The first-order valence-corrected chi connectivity index (χ1v) is 7.83. The molecular formula is C14H8ClNO5S. The molecule has 8 heteroatoms. The molecule has 0 aromatic heterocycles. The van der Waals surface area contributed by atoms with Crippen molar-refractivity contribution in [2.75, 3.05) is 5.73 Å². The smallest absolute Gasteiger partial charge is 0.295 e. The summed E-state index contributed by atoms with van der Waals surface area (Å²) in [5, 5.41) is -0.230. The number of anilines is 1. The molecule has 0 saturated heterocycles. The predicted molar refractivity (Wildman–Crippen MR) is 79.0 cm³/mol. The highest BCUT2D eigenvalue weighted by Gasteiger charge is 2.37. The molecule has 3 rings (SSSR count). The van der Waals surface area contributed by atoms with E-state index in [1.807, 2.05) is 0 Å². The number of nitrogen functional groups attached to an aromatic ring is 1. The third-order valence-corrected chi connectivity index (χ3v) is 4.62. The monoisotopic (exact) mass is 337 g/mol. The van der Waals surface area contributed by atoms with Crippen LogP contribution >= 0.6 is 11.6 Å². The first-order valence-electron chi connectivity index (χ1n) is 6.01. The predicted octanol–water partition coefficient (Wildman–Crippen LogP) is 1.94. The van der Waals surface area contributed by atoms with E-state index < -0.39 is 32.1 Å². The van der Waals surface area contributed by atoms with E-state index in [0.29, 0.717) is 0 Å². The second-order valence-corrected chi connectivity index (χ2v) is 6.50. The fourth-order valence-electron chi connectivity index (χ4n) is 2.46. The second kappa shape index (κ2) is 4.64. The molecule has 0 fully saturated rings. The van der Waals surface area contributed by atoms with Crippen LogP contribution in [0.3, 0.4) is 0 Å². The van der Waals surface area contributed by atoms with Gasteiger partial charge in [0.05, 0.1) is 21.8 Å². The first-order chi connectivity index (χ1) is 10.2. The third kappa shape index (κ3) is 1.94. The van der Waals surface area contributed by atoms with Crippen molar-refractivity contribution in [2.45, 2.75) is 4.90 Å². The summed E-state index contributed by atoms with van der Waals surface area (Å²) in [6, 6.07) is 6.81. The van der Waals surface area contributed by atoms with Gasteiger partial charge in [0.25, 0.3) is 10.1 Å². The number of ketones is 2. The van der Waals surface area contributed by atoms with Gasteiger partial charge in [-0.25, -0.2) is 0 Å². The van der Waals surface area contributed by atoms with Gasteiger partial charge in [0.1, 0.15) is 4.90 Å². The minimum Gasteiger partial charge on any atom is -0.397 e. The number of hydrogen-bond acceptors (Lipinski definition) is 5. The lowest BCUT2D eigenvalue weighted by atomic mass is 9.83. The lowest BCUT2D eigenvalue weighted by Gasteiger charge is -2.21. The van der Waals surface area contributed by atoms with Crippen molar-refractivity contribution in [3.8, 4) is 0 Å². The molecule has 0 amide bonds. The van der Waals surface area contributed by atoms with E-state index in [1.165, 1.54) is 12.1 Å². The van der Waals surface area contributed by atoms with Gasteiger partial charge in [-0.2, -0.15) is 8.42 Å². The van der Waals surface area contributed by atoms with Gasteiger partial charge in [0.15, 0.2) is 11.6 Å². The highest BCUT2D eigenvalue weighted by Crippen LogP contribution is 2.38. The quantitative estimate of drug-likeness (QED) is 0.518. The SMILES string of the molecule is Nc1c(Cl)cc(S(=O)(=O)O)c2c1C(=O)c1ccccc1C2=O. The van der Waals surface area contributed by atoms with Crippen molar-refractivity contribution < 1.29 is 22.6 Å². The van der Waals surface area contributed by atoms with Crippen LogP contribution in [0, 0.1) is 0 Å². The maximum absolute atomic E-state index is 12.6. The summed E-state index contributed by atoms with van der Waals surface area (Å²) >= 11 is 5.83. The Hall–Kier alpha value is -2.22. The van der Waals surface area contributed by atoms with Gasteiger partial charge in [-0.3, -0.25) is 14.1 Å². The van der Waals surface area contributed by atoms with Gasteiger partial charge in [-0.15, -0.1) is 0 Å². The molecule has 3 N–H and O–H groups in total. The highest BCUT2D eigenvalue weighted by atomic mass is 35.5.